The van der Waals surface area contributed by atoms with Gasteiger partial charge in [0, 0.05) is 6.54 Å². The fourth-order valence-corrected chi connectivity index (χ4v) is 2.46. The Morgan fingerprint density at radius 1 is 1.14 bits per heavy atom. The van der Waals surface area contributed by atoms with Crippen molar-refractivity contribution in [1.29, 1.82) is 0 Å². The Morgan fingerprint density at radius 3 is 2.54 bits per heavy atom. The Hall–Kier alpha value is -3.13. The van der Waals surface area contributed by atoms with Gasteiger partial charge in [-0.2, -0.15) is 5.10 Å². The number of carboxylic acids is 1. The summed E-state index contributed by atoms with van der Waals surface area (Å²) < 4.78 is 11.5. The van der Waals surface area contributed by atoms with Crippen LogP contribution < -0.4 is 20.2 Å². The summed E-state index contributed by atoms with van der Waals surface area (Å²) in [5.74, 6) is 0.240. The molecule has 2 aromatic rings. The van der Waals surface area contributed by atoms with Crippen molar-refractivity contribution in [2.45, 2.75) is 20.5 Å². The Kier molecular flexibility index (Phi) is 8.23. The largest absolute Gasteiger partial charge is 0.490 e. The first kappa shape index (κ1) is 21.2. The number of nitrogens with one attached hydrogen (secondary N) is 2. The van der Waals surface area contributed by atoms with Crippen molar-refractivity contribution >= 4 is 29.5 Å². The summed E-state index contributed by atoms with van der Waals surface area (Å²) >= 11 is 5.05. The number of benzene rings is 2. The van der Waals surface area contributed by atoms with Gasteiger partial charge in [-0.1, -0.05) is 12.1 Å². The van der Waals surface area contributed by atoms with Crippen LogP contribution >= 0.6 is 12.2 Å². The molecule has 148 valence electrons. The minimum Gasteiger partial charge on any atom is -0.490 e. The molecule has 0 heterocycles. The van der Waals surface area contributed by atoms with E-state index in [4.69, 9.17) is 26.8 Å². The van der Waals surface area contributed by atoms with E-state index in [2.05, 4.69) is 15.8 Å². The lowest BCUT2D eigenvalue weighted by Crippen LogP contribution is -2.31. The number of thiocarbonyl (C=S) groups is 1. The van der Waals surface area contributed by atoms with Crippen LogP contribution in [0.15, 0.2) is 47.6 Å². The minimum absolute atomic E-state index is 0.240. The molecule has 28 heavy (non-hydrogen) atoms. The number of ether oxygens (including phenoxy) is 2. The molecule has 0 atom stereocenters. The van der Waals surface area contributed by atoms with Crippen LogP contribution in [0.4, 0.5) is 0 Å². The molecule has 0 aliphatic carbocycles. The lowest BCUT2D eigenvalue weighted by Gasteiger charge is -2.13. The van der Waals surface area contributed by atoms with E-state index >= 15 is 0 Å². The quantitative estimate of drug-likeness (QED) is 0.338. The highest BCUT2D eigenvalue weighted by molar-refractivity contribution is 7.80. The van der Waals surface area contributed by atoms with E-state index in [1.165, 1.54) is 0 Å². The van der Waals surface area contributed by atoms with Gasteiger partial charge in [-0.15, -0.1) is 0 Å². The molecule has 0 fully saturated rings. The Labute approximate surface area is 169 Å². The molecule has 0 radical (unpaired) electrons. The van der Waals surface area contributed by atoms with Crippen molar-refractivity contribution in [3.63, 3.8) is 0 Å². The van der Waals surface area contributed by atoms with Gasteiger partial charge in [0.05, 0.1) is 18.4 Å². The molecule has 7 nitrogen and oxygen atoms in total. The number of hydrogen-bond acceptors (Lipinski definition) is 5. The van der Waals surface area contributed by atoms with Gasteiger partial charge in [0.25, 0.3) is 0 Å². The predicted molar refractivity (Wildman–Crippen MR) is 112 cm³/mol. The number of hydrogen-bond donors (Lipinski definition) is 3. The molecule has 0 aliphatic rings. The highest BCUT2D eigenvalue weighted by atomic mass is 32.1. The third kappa shape index (κ3) is 6.55. The summed E-state index contributed by atoms with van der Waals surface area (Å²) in [6.07, 6.45) is 1.64. The molecule has 0 saturated heterocycles. The molecule has 0 amide bonds. The summed E-state index contributed by atoms with van der Waals surface area (Å²) in [5.41, 5.74) is 4.66. The van der Waals surface area contributed by atoms with Crippen LogP contribution in [0.5, 0.6) is 11.5 Å². The first-order valence-corrected chi connectivity index (χ1v) is 9.23. The van der Waals surface area contributed by atoms with Crippen molar-refractivity contribution in [3.05, 3.63) is 59.2 Å². The van der Waals surface area contributed by atoms with E-state index in [0.29, 0.717) is 29.8 Å². The Morgan fingerprint density at radius 2 is 1.89 bits per heavy atom. The van der Waals surface area contributed by atoms with Gasteiger partial charge in [0.2, 0.25) is 0 Å². The number of nitrogens with zero attached hydrogens (tertiary/aromatic N) is 1. The van der Waals surface area contributed by atoms with Crippen molar-refractivity contribution in [3.8, 4) is 11.5 Å². The van der Waals surface area contributed by atoms with Crippen molar-refractivity contribution in [1.82, 2.24) is 10.7 Å². The van der Waals surface area contributed by atoms with E-state index in [9.17, 15) is 4.79 Å². The van der Waals surface area contributed by atoms with Gasteiger partial charge < -0.3 is 19.9 Å². The van der Waals surface area contributed by atoms with Gasteiger partial charge in [-0.05, 0) is 67.5 Å². The van der Waals surface area contributed by atoms with Crippen LogP contribution in [0, 0.1) is 0 Å². The fraction of sp³-hybridized carbons (Fsp3) is 0.250. The zero-order valence-electron chi connectivity index (χ0n) is 15.8. The Balaban J connectivity index is 2.04. The van der Waals surface area contributed by atoms with E-state index in [1.54, 1.807) is 36.5 Å². The smallest absolute Gasteiger partial charge is 0.335 e. The molecule has 0 saturated carbocycles. The van der Waals surface area contributed by atoms with E-state index < -0.39 is 5.97 Å². The maximum absolute atomic E-state index is 10.9. The van der Waals surface area contributed by atoms with Crippen molar-refractivity contribution in [2.75, 3.05) is 13.2 Å². The molecular formula is C20H23N3O4S. The number of carboxylic acid groups (broad SMARTS) is 1. The van der Waals surface area contributed by atoms with Gasteiger partial charge >= 0.3 is 5.97 Å². The topological polar surface area (TPSA) is 92.2 Å². The molecule has 2 aromatic carbocycles. The normalized spacial score (nSPS) is 10.5. The van der Waals surface area contributed by atoms with E-state index in [-0.39, 0.29) is 5.56 Å². The van der Waals surface area contributed by atoms with E-state index in [0.717, 1.165) is 17.7 Å². The zero-order chi connectivity index (χ0) is 20.4. The number of hydrazone groups is 1. The summed E-state index contributed by atoms with van der Waals surface area (Å²) in [6, 6.07) is 12.0. The lowest BCUT2D eigenvalue weighted by molar-refractivity contribution is 0.0697. The fourth-order valence-electron chi connectivity index (χ4n) is 2.26. The SMILES string of the molecule is CCNC(=S)N/N=C\c1ccc(OCc2ccc(C(=O)O)cc2)c(OCC)c1. The minimum atomic E-state index is -0.955. The van der Waals surface area contributed by atoms with Gasteiger partial charge in [0.1, 0.15) is 6.61 Å². The second kappa shape index (κ2) is 10.9. The number of aromatic carboxylic acids is 1. The maximum Gasteiger partial charge on any atom is 0.335 e. The Bertz CT molecular complexity index is 838. The van der Waals surface area contributed by atoms with Gasteiger partial charge in [-0.25, -0.2) is 4.79 Å². The third-order valence-corrected chi connectivity index (χ3v) is 3.82. The molecule has 0 unspecified atom stereocenters. The second-order valence-corrected chi connectivity index (χ2v) is 6.07. The first-order chi connectivity index (χ1) is 13.5. The summed E-state index contributed by atoms with van der Waals surface area (Å²) in [6.45, 7) is 5.36. The molecule has 0 aliphatic heterocycles. The average Bonchev–Trinajstić information content (AvgIpc) is 2.68. The van der Waals surface area contributed by atoms with Crippen LogP contribution in [0.25, 0.3) is 0 Å². The van der Waals surface area contributed by atoms with Crippen molar-refractivity contribution in [2.24, 2.45) is 5.10 Å². The van der Waals surface area contributed by atoms with Crippen LogP contribution in [0.2, 0.25) is 0 Å². The highest BCUT2D eigenvalue weighted by Crippen LogP contribution is 2.29. The van der Waals surface area contributed by atoms with Crippen LogP contribution in [0.1, 0.15) is 35.3 Å². The highest BCUT2D eigenvalue weighted by Gasteiger charge is 2.07. The lowest BCUT2D eigenvalue weighted by atomic mass is 10.1. The standard InChI is InChI=1S/C20H23N3O4S/c1-3-21-20(28)23-22-12-15-7-10-17(18(11-15)26-4-2)27-13-14-5-8-16(9-6-14)19(24)25/h5-12H,3-4,13H2,1-2H3,(H,24,25)(H2,21,23,28)/b22-12-. The third-order valence-electron chi connectivity index (χ3n) is 3.58. The average molecular weight is 401 g/mol. The number of rotatable bonds is 9. The molecule has 3 N–H and O–H groups in total. The molecule has 0 aromatic heterocycles. The molecule has 2 rings (SSSR count). The summed E-state index contributed by atoms with van der Waals surface area (Å²) in [5, 5.41) is 16.4. The molecule has 8 heteroatoms. The summed E-state index contributed by atoms with van der Waals surface area (Å²) in [4.78, 5) is 10.9. The van der Waals surface area contributed by atoms with Crippen LogP contribution in [0.3, 0.4) is 0 Å². The van der Waals surface area contributed by atoms with Crippen molar-refractivity contribution < 1.29 is 19.4 Å². The summed E-state index contributed by atoms with van der Waals surface area (Å²) in [7, 11) is 0. The second-order valence-electron chi connectivity index (χ2n) is 5.66. The molecular weight excluding hydrogens is 378 g/mol. The zero-order valence-corrected chi connectivity index (χ0v) is 16.6. The van der Waals surface area contributed by atoms with Crippen LogP contribution in [-0.2, 0) is 6.61 Å². The predicted octanol–water partition coefficient (Wildman–Crippen LogP) is 3.18. The van der Waals surface area contributed by atoms with Crippen LogP contribution in [-0.4, -0.2) is 35.6 Å². The number of carbonyl (C=O) groups is 1. The van der Waals surface area contributed by atoms with Gasteiger partial charge in [-0.3, -0.25) is 5.43 Å². The van der Waals surface area contributed by atoms with E-state index in [1.807, 2.05) is 26.0 Å². The monoisotopic (exact) mass is 401 g/mol. The first-order valence-electron chi connectivity index (χ1n) is 8.82. The molecule has 0 bridgehead atoms. The molecule has 0 spiro atoms. The maximum atomic E-state index is 10.9. The van der Waals surface area contributed by atoms with Gasteiger partial charge in [0.15, 0.2) is 16.6 Å².